The average Bonchev–Trinajstić information content (AvgIpc) is 3.49. The number of aromatic nitrogens is 1. The van der Waals surface area contributed by atoms with E-state index in [1.165, 1.54) is 48.5 Å². The molecule has 4 aromatic rings. The number of H-pyrrole nitrogens is 1. The zero-order valence-electron chi connectivity index (χ0n) is 23.4. The van der Waals surface area contributed by atoms with Crippen LogP contribution < -0.4 is 25.0 Å². The summed E-state index contributed by atoms with van der Waals surface area (Å²) in [5, 5.41) is 6.88. The second kappa shape index (κ2) is 12.1. The zero-order valence-corrected chi connectivity index (χ0v) is 26.6. The predicted molar refractivity (Wildman–Crippen MR) is 167 cm³/mol. The number of ether oxygens (including phenoxy) is 1. The molecule has 1 aromatic heterocycles. The van der Waals surface area contributed by atoms with Crippen LogP contribution in [0.25, 0.3) is 0 Å². The maximum atomic E-state index is 14.0. The molecule has 0 radical (unpaired) electrons. The SMILES string of the molecule is NS(=O)(=O)c1ccc(NC(=O)COc2ccc(Cl)cc2[C@H]2c3sc(=O)[nH]c3SC3C(=O)N(c4ccccc4C(F)(F)F)C(=O)C32)cc1. The van der Waals surface area contributed by atoms with Crippen molar-refractivity contribution < 1.29 is 40.7 Å². The summed E-state index contributed by atoms with van der Waals surface area (Å²) in [5.74, 6) is -4.72. The molecule has 0 spiro atoms. The number of aromatic amines is 1. The van der Waals surface area contributed by atoms with Gasteiger partial charge in [0.25, 0.3) is 5.91 Å². The highest BCUT2D eigenvalue weighted by atomic mass is 35.5. The fourth-order valence-corrected chi connectivity index (χ4v) is 8.66. The minimum absolute atomic E-state index is 0.0611. The van der Waals surface area contributed by atoms with Gasteiger partial charge in [0.15, 0.2) is 6.61 Å². The lowest BCUT2D eigenvalue weighted by Crippen LogP contribution is -2.33. The Morgan fingerprint density at radius 3 is 2.43 bits per heavy atom. The monoisotopic (exact) mass is 724 g/mol. The molecular formula is C29H20ClF3N4O7S3. The first-order chi connectivity index (χ1) is 22.1. The van der Waals surface area contributed by atoms with E-state index in [0.29, 0.717) is 9.78 Å². The van der Waals surface area contributed by atoms with Crippen molar-refractivity contribution >= 4 is 73.8 Å². The molecule has 1 fully saturated rings. The quantitative estimate of drug-likeness (QED) is 0.233. The molecule has 3 atom stereocenters. The number of carbonyl (C=O) groups excluding carboxylic acids is 3. The van der Waals surface area contributed by atoms with Gasteiger partial charge >= 0.3 is 11.0 Å². The lowest BCUT2D eigenvalue weighted by Gasteiger charge is -2.31. The third kappa shape index (κ3) is 6.28. The van der Waals surface area contributed by atoms with Crippen molar-refractivity contribution in [3.05, 3.63) is 97.4 Å². The van der Waals surface area contributed by atoms with Crippen LogP contribution in [0.2, 0.25) is 5.02 Å². The number of alkyl halides is 3. The molecule has 0 saturated carbocycles. The van der Waals surface area contributed by atoms with Crippen LogP contribution in [0.1, 0.15) is 21.9 Å². The minimum Gasteiger partial charge on any atom is -0.483 e. The van der Waals surface area contributed by atoms with Gasteiger partial charge in [0.05, 0.1) is 27.1 Å². The van der Waals surface area contributed by atoms with Gasteiger partial charge in [-0.1, -0.05) is 46.8 Å². The Morgan fingerprint density at radius 1 is 1.04 bits per heavy atom. The molecule has 4 N–H and O–H groups in total. The fraction of sp³-hybridized carbons (Fsp3) is 0.172. The predicted octanol–water partition coefficient (Wildman–Crippen LogP) is 4.57. The third-order valence-corrected chi connectivity index (χ3v) is 11.0. The molecule has 244 valence electrons. The molecule has 3 heterocycles. The maximum Gasteiger partial charge on any atom is 0.418 e. The van der Waals surface area contributed by atoms with E-state index in [1.54, 1.807) is 0 Å². The van der Waals surface area contributed by atoms with Crippen molar-refractivity contribution in [3.8, 4) is 5.75 Å². The van der Waals surface area contributed by atoms with Crippen LogP contribution in [-0.4, -0.2) is 43.0 Å². The number of primary sulfonamides is 1. The van der Waals surface area contributed by atoms with Crippen LogP contribution >= 0.6 is 34.7 Å². The van der Waals surface area contributed by atoms with Crippen LogP contribution in [0.4, 0.5) is 24.5 Å². The second-order valence-electron chi connectivity index (χ2n) is 10.4. The van der Waals surface area contributed by atoms with Crippen LogP contribution in [0.15, 0.2) is 81.4 Å². The number of carbonyl (C=O) groups is 3. The number of thiazole rings is 1. The number of thioether (sulfide) groups is 1. The van der Waals surface area contributed by atoms with E-state index < -0.39 is 73.7 Å². The van der Waals surface area contributed by atoms with Crippen molar-refractivity contribution in [2.24, 2.45) is 11.1 Å². The van der Waals surface area contributed by atoms with Gasteiger partial charge in [-0.05, 0) is 54.6 Å². The van der Waals surface area contributed by atoms with Gasteiger partial charge in [0.2, 0.25) is 21.8 Å². The lowest BCUT2D eigenvalue weighted by atomic mass is 9.82. The number of nitrogens with two attached hydrogens (primary N) is 1. The minimum atomic E-state index is -4.86. The summed E-state index contributed by atoms with van der Waals surface area (Å²) in [4.78, 5) is 55.9. The summed E-state index contributed by atoms with van der Waals surface area (Å²) in [6.07, 6.45) is -4.86. The largest absolute Gasteiger partial charge is 0.483 e. The normalized spacial score (nSPS) is 19.3. The number of sulfonamides is 1. The molecule has 18 heteroatoms. The van der Waals surface area contributed by atoms with Crippen molar-refractivity contribution in [2.75, 3.05) is 16.8 Å². The van der Waals surface area contributed by atoms with Crippen LogP contribution in [0, 0.1) is 5.92 Å². The molecule has 0 bridgehead atoms. The molecule has 6 rings (SSSR count). The fourth-order valence-electron chi connectivity index (χ4n) is 5.46. The highest BCUT2D eigenvalue weighted by Crippen LogP contribution is 2.55. The number of halogens is 4. The summed E-state index contributed by atoms with van der Waals surface area (Å²) in [5.41, 5.74) is -1.31. The van der Waals surface area contributed by atoms with E-state index in [1.807, 2.05) is 0 Å². The molecular weight excluding hydrogens is 705 g/mol. The van der Waals surface area contributed by atoms with Crippen LogP contribution in [0.5, 0.6) is 5.75 Å². The molecule has 3 amide bonds. The lowest BCUT2D eigenvalue weighted by molar-refractivity contribution is -0.137. The Morgan fingerprint density at radius 2 is 1.74 bits per heavy atom. The molecule has 1 saturated heterocycles. The molecule has 2 aliphatic heterocycles. The Hall–Kier alpha value is -4.16. The van der Waals surface area contributed by atoms with Crippen molar-refractivity contribution in [1.82, 2.24) is 4.98 Å². The van der Waals surface area contributed by atoms with E-state index in [9.17, 15) is 40.8 Å². The van der Waals surface area contributed by atoms with E-state index >= 15 is 0 Å². The Balaban J connectivity index is 1.34. The standard InChI is InChI=1S/C29H20ClF3N4O7S3/c30-13-5-10-19(44-12-20(38)35-14-6-8-15(9-7-14)47(34,42)43)16(11-13)21-22-24(45-25-23(21)46-28(41)36-25)27(40)37(26(22)39)18-4-2-1-3-17(18)29(31,32)33/h1-11,21-22,24H,12H2,(H,35,38)(H,36,41)(H2,34,42,43)/t21-,22?,24?/m1/s1. The molecule has 3 aromatic carbocycles. The first-order valence-electron chi connectivity index (χ1n) is 13.4. The summed E-state index contributed by atoms with van der Waals surface area (Å²) in [7, 11) is -3.94. The van der Waals surface area contributed by atoms with Crippen LogP contribution in [0.3, 0.4) is 0 Å². The van der Waals surface area contributed by atoms with Gasteiger partial charge in [-0.25, -0.2) is 18.5 Å². The van der Waals surface area contributed by atoms with E-state index in [-0.39, 0.29) is 31.9 Å². The van der Waals surface area contributed by atoms with Gasteiger partial charge in [-0.2, -0.15) is 13.2 Å². The number of para-hydroxylation sites is 1. The van der Waals surface area contributed by atoms with Crippen molar-refractivity contribution in [1.29, 1.82) is 0 Å². The number of fused-ring (bicyclic) bond motifs is 2. The zero-order chi connectivity index (χ0) is 33.8. The van der Waals surface area contributed by atoms with Gasteiger partial charge in [-0.3, -0.25) is 19.2 Å². The Kier molecular flexibility index (Phi) is 8.46. The smallest absolute Gasteiger partial charge is 0.418 e. The molecule has 11 nitrogen and oxygen atoms in total. The van der Waals surface area contributed by atoms with Gasteiger partial charge in [-0.15, -0.1) is 0 Å². The molecule has 2 unspecified atom stereocenters. The van der Waals surface area contributed by atoms with Gasteiger partial charge in [0.1, 0.15) is 11.0 Å². The van der Waals surface area contributed by atoms with Gasteiger partial charge < -0.3 is 15.0 Å². The highest BCUT2D eigenvalue weighted by Gasteiger charge is 2.57. The van der Waals surface area contributed by atoms with E-state index in [2.05, 4.69) is 10.3 Å². The summed E-state index contributed by atoms with van der Waals surface area (Å²) < 4.78 is 70.6. The number of amides is 3. The Labute approximate surface area is 276 Å². The van der Waals surface area contributed by atoms with E-state index in [4.69, 9.17) is 21.5 Å². The van der Waals surface area contributed by atoms with Crippen LogP contribution in [-0.2, 0) is 30.6 Å². The number of imide groups is 1. The van der Waals surface area contributed by atoms with Gasteiger partial charge in [0, 0.05) is 27.1 Å². The van der Waals surface area contributed by atoms with Crippen molar-refractivity contribution in [2.45, 2.75) is 27.3 Å². The number of hydrogen-bond donors (Lipinski definition) is 3. The number of anilines is 2. The number of rotatable bonds is 7. The highest BCUT2D eigenvalue weighted by molar-refractivity contribution is 8.00. The Bertz CT molecular complexity index is 2100. The second-order valence-corrected chi connectivity index (χ2v) is 14.5. The molecule has 2 aliphatic rings. The number of benzene rings is 3. The average molecular weight is 725 g/mol. The first-order valence-corrected chi connectivity index (χ1v) is 17.0. The number of nitrogens with zero attached hydrogens (tertiary/aromatic N) is 1. The summed E-state index contributed by atoms with van der Waals surface area (Å²) in [6, 6.07) is 13.6. The van der Waals surface area contributed by atoms with E-state index in [0.717, 1.165) is 41.3 Å². The summed E-state index contributed by atoms with van der Waals surface area (Å²) >= 11 is 7.99. The summed E-state index contributed by atoms with van der Waals surface area (Å²) in [6.45, 7) is -0.574. The number of hydrogen-bond acceptors (Lipinski definition) is 9. The number of nitrogens with one attached hydrogen (secondary N) is 2. The first kappa shape index (κ1) is 32.8. The topological polar surface area (TPSA) is 169 Å². The molecule has 47 heavy (non-hydrogen) atoms. The maximum absolute atomic E-state index is 14.0. The van der Waals surface area contributed by atoms with Crippen molar-refractivity contribution in [3.63, 3.8) is 0 Å². The third-order valence-electron chi connectivity index (χ3n) is 7.41. The molecule has 0 aliphatic carbocycles.